The van der Waals surface area contributed by atoms with E-state index in [9.17, 15) is 9.90 Å². The van der Waals surface area contributed by atoms with Crippen molar-refractivity contribution in [2.45, 2.75) is 31.3 Å². The third kappa shape index (κ3) is 3.85. The molecule has 9 nitrogen and oxygen atoms in total. The molecule has 3 rings (SSSR count). The number of anilines is 1. The summed E-state index contributed by atoms with van der Waals surface area (Å²) in [6, 6.07) is 3.07. The lowest BCUT2D eigenvalue weighted by Gasteiger charge is -2.09. The van der Waals surface area contributed by atoms with Crippen LogP contribution in [0.2, 0.25) is 0 Å². The summed E-state index contributed by atoms with van der Waals surface area (Å²) in [5.74, 6) is 0.640. The van der Waals surface area contributed by atoms with E-state index in [1.165, 1.54) is 6.26 Å². The van der Waals surface area contributed by atoms with Gasteiger partial charge in [0.1, 0.15) is 23.0 Å². The van der Waals surface area contributed by atoms with Crippen molar-refractivity contribution in [3.8, 4) is 0 Å². The number of hydrogen-bond acceptors (Lipinski definition) is 8. The molecule has 0 unspecified atom stereocenters. The lowest BCUT2D eigenvalue weighted by molar-refractivity contribution is -0.0227. The molecule has 3 atom stereocenters. The molecule has 0 radical (unpaired) electrons. The molecule has 124 valence electrons. The molecule has 10 heteroatoms. The van der Waals surface area contributed by atoms with Gasteiger partial charge in [0.25, 0.3) is 0 Å². The Morgan fingerprint density at radius 2 is 2.35 bits per heavy atom. The molecule has 1 fully saturated rings. The van der Waals surface area contributed by atoms with Gasteiger partial charge in [0.05, 0.1) is 25.5 Å². The molecule has 23 heavy (non-hydrogen) atoms. The van der Waals surface area contributed by atoms with Crippen LogP contribution in [0.15, 0.2) is 22.8 Å². The normalized spacial score (nSPS) is 23.8. The average Bonchev–Trinajstić information content (AvgIpc) is 3.25. The van der Waals surface area contributed by atoms with Gasteiger partial charge < -0.3 is 24.7 Å². The molecular formula is C13H16N4O5S. The van der Waals surface area contributed by atoms with Crippen molar-refractivity contribution in [3.63, 3.8) is 0 Å². The topological polar surface area (TPSA) is 130 Å². The minimum atomic E-state index is -0.734. The number of carbonyl (C=O) groups is 1. The first-order valence-corrected chi connectivity index (χ1v) is 7.82. The van der Waals surface area contributed by atoms with Crippen LogP contribution >= 0.6 is 11.3 Å². The van der Waals surface area contributed by atoms with Gasteiger partial charge in [-0.05, 0) is 12.1 Å². The molecule has 0 spiro atoms. The number of hydrogen-bond donors (Lipinski definition) is 4. The van der Waals surface area contributed by atoms with Gasteiger partial charge in [-0.25, -0.2) is 4.79 Å². The van der Waals surface area contributed by atoms with Crippen molar-refractivity contribution >= 4 is 22.5 Å². The van der Waals surface area contributed by atoms with Crippen molar-refractivity contribution in [3.05, 3.63) is 29.2 Å². The molecule has 2 amide bonds. The van der Waals surface area contributed by atoms with Gasteiger partial charge in [0.15, 0.2) is 0 Å². The number of aromatic nitrogens is 2. The smallest absolute Gasteiger partial charge is 0.321 e. The Hall–Kier alpha value is -2.01. The number of urea groups is 1. The SMILES string of the molecule is O=C(NCc1ccco1)Nc1nnc([C@@H]2C[C@H](O)[C@@H](CO)O2)s1. The second kappa shape index (κ2) is 7.04. The number of carbonyl (C=O) groups excluding carboxylic acids is 1. The zero-order chi connectivity index (χ0) is 16.2. The molecule has 4 N–H and O–H groups in total. The Labute approximate surface area is 135 Å². The van der Waals surface area contributed by atoms with E-state index in [4.69, 9.17) is 14.3 Å². The highest BCUT2D eigenvalue weighted by Gasteiger charge is 2.36. The van der Waals surface area contributed by atoms with Gasteiger partial charge in [-0.15, -0.1) is 10.2 Å². The summed E-state index contributed by atoms with van der Waals surface area (Å²) in [5, 5.41) is 32.7. The van der Waals surface area contributed by atoms with Crippen molar-refractivity contribution in [1.29, 1.82) is 0 Å². The number of amides is 2. The molecule has 0 bridgehead atoms. The molecule has 1 aliphatic rings. The highest BCUT2D eigenvalue weighted by Crippen LogP contribution is 2.35. The summed E-state index contributed by atoms with van der Waals surface area (Å²) in [5.41, 5.74) is 0. The number of nitrogens with one attached hydrogen (secondary N) is 2. The van der Waals surface area contributed by atoms with Crippen LogP contribution in [0, 0.1) is 0 Å². The van der Waals surface area contributed by atoms with Crippen molar-refractivity contribution in [2.24, 2.45) is 0 Å². The van der Waals surface area contributed by atoms with Crippen LogP contribution in [0.1, 0.15) is 23.3 Å². The quantitative estimate of drug-likeness (QED) is 0.628. The van der Waals surface area contributed by atoms with Crippen LogP contribution in [0.5, 0.6) is 0 Å². The number of furan rings is 1. The molecule has 1 saturated heterocycles. The maximum Gasteiger partial charge on any atom is 0.321 e. The molecule has 3 heterocycles. The molecule has 0 aromatic carbocycles. The standard InChI is InChI=1S/C13H16N4O5S/c18-6-10-8(19)4-9(22-10)11-16-17-13(23-11)15-12(20)14-5-7-2-1-3-21-7/h1-3,8-10,18-19H,4-6H2,(H2,14,15,17,20)/t8-,9-,10+/m0/s1. The molecular weight excluding hydrogens is 324 g/mol. The Balaban J connectivity index is 1.52. The largest absolute Gasteiger partial charge is 0.467 e. The lowest BCUT2D eigenvalue weighted by atomic mass is 10.1. The first-order chi connectivity index (χ1) is 11.2. The van der Waals surface area contributed by atoms with E-state index in [2.05, 4.69) is 20.8 Å². The summed E-state index contributed by atoms with van der Waals surface area (Å²) in [6.07, 6.45) is 0.0896. The molecule has 2 aromatic heterocycles. The number of rotatable bonds is 5. The number of aliphatic hydroxyl groups is 2. The third-order valence-electron chi connectivity index (χ3n) is 3.34. The van der Waals surface area contributed by atoms with Crippen molar-refractivity contribution in [2.75, 3.05) is 11.9 Å². The number of ether oxygens (including phenoxy) is 1. The molecule has 2 aromatic rings. The Morgan fingerprint density at radius 1 is 1.48 bits per heavy atom. The minimum Gasteiger partial charge on any atom is -0.467 e. The van der Waals surface area contributed by atoms with Gasteiger partial charge in [-0.2, -0.15) is 0 Å². The average molecular weight is 340 g/mol. The van der Waals surface area contributed by atoms with Crippen molar-refractivity contribution < 1.29 is 24.2 Å². The molecule has 0 aliphatic carbocycles. The zero-order valence-electron chi connectivity index (χ0n) is 12.0. The highest BCUT2D eigenvalue weighted by molar-refractivity contribution is 7.15. The van der Waals surface area contributed by atoms with E-state index in [1.807, 2.05) is 0 Å². The van der Waals surface area contributed by atoms with Gasteiger partial charge in [-0.3, -0.25) is 5.32 Å². The monoisotopic (exact) mass is 340 g/mol. The van der Waals surface area contributed by atoms with Gasteiger partial charge in [0, 0.05) is 6.42 Å². The Morgan fingerprint density at radius 3 is 3.04 bits per heavy atom. The van der Waals surface area contributed by atoms with E-state index in [-0.39, 0.29) is 13.2 Å². The van der Waals surface area contributed by atoms with Crippen molar-refractivity contribution in [1.82, 2.24) is 15.5 Å². The summed E-state index contributed by atoms with van der Waals surface area (Å²) < 4.78 is 10.6. The number of aliphatic hydroxyl groups excluding tert-OH is 2. The summed E-state index contributed by atoms with van der Waals surface area (Å²) in [4.78, 5) is 11.8. The summed E-state index contributed by atoms with van der Waals surface area (Å²) in [7, 11) is 0. The first kappa shape index (κ1) is 15.9. The second-order valence-corrected chi connectivity index (χ2v) is 5.99. The van der Waals surface area contributed by atoms with Gasteiger partial charge in [0.2, 0.25) is 5.13 Å². The van der Waals surface area contributed by atoms with Crippen LogP contribution in [-0.4, -0.2) is 45.3 Å². The van der Waals surface area contributed by atoms with E-state index < -0.39 is 24.3 Å². The first-order valence-electron chi connectivity index (χ1n) is 7.00. The predicted molar refractivity (Wildman–Crippen MR) is 79.8 cm³/mol. The van der Waals surface area contributed by atoms with Gasteiger partial charge in [-0.1, -0.05) is 11.3 Å². The third-order valence-corrected chi connectivity index (χ3v) is 4.27. The predicted octanol–water partition coefficient (Wildman–Crippen LogP) is 0.636. The number of nitrogens with zero attached hydrogens (tertiary/aromatic N) is 2. The fraction of sp³-hybridized carbons (Fsp3) is 0.462. The van der Waals surface area contributed by atoms with Crippen LogP contribution in [0.4, 0.5) is 9.93 Å². The maximum atomic E-state index is 11.8. The summed E-state index contributed by atoms with van der Waals surface area (Å²) >= 11 is 1.16. The fourth-order valence-electron chi connectivity index (χ4n) is 2.19. The van der Waals surface area contributed by atoms with E-state index in [0.717, 1.165) is 11.3 Å². The highest BCUT2D eigenvalue weighted by atomic mass is 32.1. The minimum absolute atomic E-state index is 0.253. The Bertz CT molecular complexity index is 647. The van der Waals surface area contributed by atoms with E-state index in [0.29, 0.717) is 22.3 Å². The van der Waals surface area contributed by atoms with Crippen LogP contribution in [-0.2, 0) is 11.3 Å². The molecule has 0 saturated carbocycles. The Kier molecular flexibility index (Phi) is 4.86. The zero-order valence-corrected chi connectivity index (χ0v) is 12.8. The fourth-order valence-corrected chi connectivity index (χ4v) is 2.98. The lowest BCUT2D eigenvalue weighted by Crippen LogP contribution is -2.27. The van der Waals surface area contributed by atoms with E-state index >= 15 is 0 Å². The van der Waals surface area contributed by atoms with Crippen LogP contribution < -0.4 is 10.6 Å². The second-order valence-electron chi connectivity index (χ2n) is 4.98. The van der Waals surface area contributed by atoms with Gasteiger partial charge >= 0.3 is 6.03 Å². The summed E-state index contributed by atoms with van der Waals surface area (Å²) in [6.45, 7) is 0.0113. The van der Waals surface area contributed by atoms with E-state index in [1.54, 1.807) is 12.1 Å². The maximum absolute atomic E-state index is 11.8. The van der Waals surface area contributed by atoms with Crippen LogP contribution in [0.3, 0.4) is 0 Å². The molecule has 1 aliphatic heterocycles. The van der Waals surface area contributed by atoms with Crippen LogP contribution in [0.25, 0.3) is 0 Å².